The van der Waals surface area contributed by atoms with Crippen molar-refractivity contribution < 1.29 is 14.1 Å². The van der Waals surface area contributed by atoms with E-state index in [2.05, 4.69) is 10.1 Å². The lowest BCUT2D eigenvalue weighted by molar-refractivity contribution is 0.0561. The molecule has 3 aromatic rings. The fourth-order valence-corrected chi connectivity index (χ4v) is 3.54. The summed E-state index contributed by atoms with van der Waals surface area (Å²) >= 11 is 5.94. The summed E-state index contributed by atoms with van der Waals surface area (Å²) in [5.41, 5.74) is 1.44. The maximum absolute atomic E-state index is 13.0. The van der Waals surface area contributed by atoms with Crippen LogP contribution in [0.2, 0.25) is 5.02 Å². The topological polar surface area (TPSA) is 68.5 Å². The zero-order valence-corrected chi connectivity index (χ0v) is 16.2. The second-order valence-corrected chi connectivity index (χ2v) is 7.14. The van der Waals surface area contributed by atoms with Gasteiger partial charge in [0.25, 0.3) is 5.91 Å². The number of rotatable bonds is 4. The first kappa shape index (κ1) is 18.5. The Morgan fingerprint density at radius 1 is 1.14 bits per heavy atom. The van der Waals surface area contributed by atoms with Gasteiger partial charge in [-0.15, -0.1) is 0 Å². The highest BCUT2D eigenvalue weighted by Crippen LogP contribution is 2.32. The van der Waals surface area contributed by atoms with Crippen molar-refractivity contribution in [3.05, 3.63) is 65.0 Å². The van der Waals surface area contributed by atoms with E-state index in [9.17, 15) is 4.79 Å². The number of nitrogens with zero attached hydrogens (tertiary/aromatic N) is 3. The number of piperidine rings is 1. The van der Waals surface area contributed by atoms with E-state index >= 15 is 0 Å². The van der Waals surface area contributed by atoms with E-state index < -0.39 is 0 Å². The molecular weight excluding hydrogens is 378 g/mol. The molecular formula is C21H20ClN3O3. The van der Waals surface area contributed by atoms with E-state index in [1.165, 1.54) is 0 Å². The number of amides is 1. The summed E-state index contributed by atoms with van der Waals surface area (Å²) in [6, 6.07) is 14.2. The molecule has 1 amide bonds. The molecule has 1 aromatic heterocycles. The number of hydrogen-bond donors (Lipinski definition) is 0. The molecule has 1 aliphatic rings. The average molecular weight is 398 g/mol. The van der Waals surface area contributed by atoms with E-state index in [-0.39, 0.29) is 11.9 Å². The fourth-order valence-electron chi connectivity index (χ4n) is 3.42. The molecule has 28 heavy (non-hydrogen) atoms. The van der Waals surface area contributed by atoms with Gasteiger partial charge in [0.15, 0.2) is 0 Å². The molecule has 0 spiro atoms. The number of likely N-dealkylation sites (tertiary alicyclic amines) is 1. The zero-order chi connectivity index (χ0) is 19.5. The van der Waals surface area contributed by atoms with Crippen LogP contribution in [0.1, 0.15) is 41.6 Å². The maximum Gasteiger partial charge on any atom is 0.254 e. The van der Waals surface area contributed by atoms with E-state index in [1.54, 1.807) is 31.4 Å². The lowest BCUT2D eigenvalue weighted by atomic mass is 10.0. The van der Waals surface area contributed by atoms with Crippen LogP contribution in [0.3, 0.4) is 0 Å². The Hall–Kier alpha value is -2.86. The van der Waals surface area contributed by atoms with Crippen LogP contribution in [0, 0.1) is 0 Å². The van der Waals surface area contributed by atoms with Gasteiger partial charge < -0.3 is 14.2 Å². The minimum absolute atomic E-state index is 0.0504. The van der Waals surface area contributed by atoms with Crippen molar-refractivity contribution in [1.29, 1.82) is 0 Å². The van der Waals surface area contributed by atoms with Crippen molar-refractivity contribution in [1.82, 2.24) is 15.0 Å². The molecule has 7 heteroatoms. The normalized spacial score (nSPS) is 16.8. The molecule has 4 rings (SSSR count). The third kappa shape index (κ3) is 3.73. The highest BCUT2D eigenvalue weighted by atomic mass is 35.5. The van der Waals surface area contributed by atoms with Gasteiger partial charge in [0.2, 0.25) is 11.7 Å². The number of ether oxygens (including phenoxy) is 1. The third-order valence-electron chi connectivity index (χ3n) is 4.93. The molecule has 2 heterocycles. The molecule has 0 aliphatic carbocycles. The molecule has 1 fully saturated rings. The van der Waals surface area contributed by atoms with E-state index in [0.29, 0.717) is 28.8 Å². The van der Waals surface area contributed by atoms with Crippen molar-refractivity contribution in [2.75, 3.05) is 13.7 Å². The Bertz CT molecular complexity index is 954. The van der Waals surface area contributed by atoms with Gasteiger partial charge in [-0.3, -0.25) is 4.79 Å². The Kier molecular flexibility index (Phi) is 5.30. The lowest BCUT2D eigenvalue weighted by Crippen LogP contribution is -2.38. The van der Waals surface area contributed by atoms with Gasteiger partial charge in [-0.1, -0.05) is 16.8 Å². The van der Waals surface area contributed by atoms with Crippen molar-refractivity contribution >= 4 is 17.5 Å². The van der Waals surface area contributed by atoms with Gasteiger partial charge in [0.1, 0.15) is 11.8 Å². The minimum Gasteiger partial charge on any atom is -0.497 e. The van der Waals surface area contributed by atoms with Crippen LogP contribution in [0.5, 0.6) is 5.75 Å². The van der Waals surface area contributed by atoms with Crippen molar-refractivity contribution in [2.24, 2.45) is 0 Å². The van der Waals surface area contributed by atoms with Gasteiger partial charge in [-0.25, -0.2) is 0 Å². The predicted molar refractivity (Wildman–Crippen MR) is 105 cm³/mol. The lowest BCUT2D eigenvalue weighted by Gasteiger charge is -2.33. The molecule has 2 aromatic carbocycles. The van der Waals surface area contributed by atoms with Crippen LogP contribution in [0.15, 0.2) is 53.1 Å². The standard InChI is InChI=1S/C21H20ClN3O3/c1-27-17-11-7-14(8-12-17)19-23-20(28-24-19)18-4-2-3-13-25(18)21(26)15-5-9-16(22)10-6-15/h5-12,18H,2-4,13H2,1H3. The van der Waals surface area contributed by atoms with E-state index in [1.807, 2.05) is 29.2 Å². The summed E-state index contributed by atoms with van der Waals surface area (Å²) in [6.45, 7) is 0.659. The quantitative estimate of drug-likeness (QED) is 0.634. The summed E-state index contributed by atoms with van der Waals surface area (Å²) in [4.78, 5) is 19.4. The van der Waals surface area contributed by atoms with Gasteiger partial charge in [-0.05, 0) is 67.8 Å². The Balaban J connectivity index is 1.58. The number of halogens is 1. The fraction of sp³-hybridized carbons (Fsp3) is 0.286. The number of hydrogen-bond acceptors (Lipinski definition) is 5. The molecule has 1 atom stereocenters. The summed E-state index contributed by atoms with van der Waals surface area (Å²) in [7, 11) is 1.62. The van der Waals surface area contributed by atoms with Gasteiger partial charge in [0, 0.05) is 22.7 Å². The van der Waals surface area contributed by atoms with Crippen LogP contribution < -0.4 is 4.74 Å². The Morgan fingerprint density at radius 3 is 2.61 bits per heavy atom. The first-order valence-electron chi connectivity index (χ1n) is 9.20. The number of aromatic nitrogens is 2. The van der Waals surface area contributed by atoms with Crippen LogP contribution in [0.4, 0.5) is 0 Å². The Morgan fingerprint density at radius 2 is 1.89 bits per heavy atom. The van der Waals surface area contributed by atoms with Crippen LogP contribution in [-0.4, -0.2) is 34.6 Å². The number of carbonyl (C=O) groups excluding carboxylic acids is 1. The summed E-state index contributed by atoms with van der Waals surface area (Å²) in [5.74, 6) is 1.68. The molecule has 6 nitrogen and oxygen atoms in total. The molecule has 1 unspecified atom stereocenters. The second kappa shape index (κ2) is 8.02. The molecule has 0 radical (unpaired) electrons. The highest BCUT2D eigenvalue weighted by Gasteiger charge is 2.32. The van der Waals surface area contributed by atoms with Crippen molar-refractivity contribution in [2.45, 2.75) is 25.3 Å². The molecule has 1 aliphatic heterocycles. The first-order chi connectivity index (χ1) is 13.7. The number of benzene rings is 2. The van der Waals surface area contributed by atoms with Crippen molar-refractivity contribution in [3.8, 4) is 17.1 Å². The zero-order valence-electron chi connectivity index (χ0n) is 15.5. The molecule has 0 bridgehead atoms. The van der Waals surface area contributed by atoms with Crippen LogP contribution in [0.25, 0.3) is 11.4 Å². The molecule has 0 N–H and O–H groups in total. The summed E-state index contributed by atoms with van der Waals surface area (Å²) < 4.78 is 10.7. The highest BCUT2D eigenvalue weighted by molar-refractivity contribution is 6.30. The molecule has 1 saturated heterocycles. The van der Waals surface area contributed by atoms with E-state index in [4.69, 9.17) is 20.9 Å². The van der Waals surface area contributed by atoms with E-state index in [0.717, 1.165) is 30.6 Å². The maximum atomic E-state index is 13.0. The Labute approximate surface area is 168 Å². The van der Waals surface area contributed by atoms with Crippen LogP contribution >= 0.6 is 11.6 Å². The third-order valence-corrected chi connectivity index (χ3v) is 5.18. The first-order valence-corrected chi connectivity index (χ1v) is 9.58. The van der Waals surface area contributed by atoms with Crippen LogP contribution in [-0.2, 0) is 0 Å². The van der Waals surface area contributed by atoms with Gasteiger partial charge >= 0.3 is 0 Å². The van der Waals surface area contributed by atoms with Gasteiger partial charge in [0.05, 0.1) is 7.11 Å². The number of carbonyl (C=O) groups is 1. The molecule has 0 saturated carbocycles. The summed E-state index contributed by atoms with van der Waals surface area (Å²) in [6.07, 6.45) is 2.76. The van der Waals surface area contributed by atoms with Gasteiger partial charge in [-0.2, -0.15) is 4.98 Å². The summed E-state index contributed by atoms with van der Waals surface area (Å²) in [5, 5.41) is 4.72. The average Bonchev–Trinajstić information content (AvgIpc) is 3.24. The smallest absolute Gasteiger partial charge is 0.254 e. The van der Waals surface area contributed by atoms with Crippen molar-refractivity contribution in [3.63, 3.8) is 0 Å². The SMILES string of the molecule is COc1ccc(-c2noc(C3CCCCN3C(=O)c3ccc(Cl)cc3)n2)cc1. The predicted octanol–water partition coefficient (Wildman–Crippen LogP) is 4.77. The minimum atomic E-state index is -0.226. The molecule has 144 valence electrons. The largest absolute Gasteiger partial charge is 0.497 e. The monoisotopic (exact) mass is 397 g/mol. The number of methoxy groups -OCH3 is 1. The second-order valence-electron chi connectivity index (χ2n) is 6.70.